The van der Waals surface area contributed by atoms with Crippen LogP contribution in [0.3, 0.4) is 0 Å². The third-order valence-corrected chi connectivity index (χ3v) is 5.97. The zero-order chi connectivity index (χ0) is 12.6. The van der Waals surface area contributed by atoms with Crippen LogP contribution in [-0.2, 0) is 6.42 Å². The van der Waals surface area contributed by atoms with Gasteiger partial charge in [0.25, 0.3) is 0 Å². The maximum Gasteiger partial charge on any atom is 0.0948 e. The molecule has 5 heteroatoms. The Kier molecular flexibility index (Phi) is 3.27. The summed E-state index contributed by atoms with van der Waals surface area (Å²) in [6.07, 6.45) is 4.07. The Morgan fingerprint density at radius 1 is 1.39 bits per heavy atom. The minimum atomic E-state index is -0.120. The predicted molar refractivity (Wildman–Crippen MR) is 78.7 cm³/mol. The summed E-state index contributed by atoms with van der Waals surface area (Å²) in [5.74, 6) is 0. The Balaban J connectivity index is 1.80. The number of thiazole rings is 1. The van der Waals surface area contributed by atoms with Crippen LogP contribution in [-0.4, -0.2) is 4.98 Å². The monoisotopic (exact) mass is 338 g/mol. The second kappa shape index (κ2) is 4.76. The van der Waals surface area contributed by atoms with E-state index in [0.717, 1.165) is 34.4 Å². The number of aromatic nitrogens is 1. The molecule has 1 fully saturated rings. The van der Waals surface area contributed by atoms with E-state index in [0.29, 0.717) is 0 Å². The lowest BCUT2D eigenvalue weighted by molar-refractivity contribution is 0.214. The normalized spacial score (nSPS) is 17.1. The van der Waals surface area contributed by atoms with Crippen LogP contribution < -0.4 is 0 Å². The molecule has 0 bridgehead atoms. The Morgan fingerprint density at radius 3 is 2.78 bits per heavy atom. The fraction of sp³-hybridized carbons (Fsp3) is 0.385. The van der Waals surface area contributed by atoms with Gasteiger partial charge in [-0.3, -0.25) is 0 Å². The van der Waals surface area contributed by atoms with E-state index in [1.807, 2.05) is 0 Å². The van der Waals surface area contributed by atoms with Gasteiger partial charge in [-0.25, -0.2) is 4.98 Å². The summed E-state index contributed by atoms with van der Waals surface area (Å²) in [6, 6.07) is 4.57. The standard InChI is InChI=1S/C13H11BrN2S2/c14-9-4-11(17-6-9)10-7-18-12(16-10)5-13(8-15)2-1-3-13/h4,6-7H,1-3,5H2. The smallest absolute Gasteiger partial charge is 0.0948 e. The number of halogens is 1. The molecule has 0 aliphatic heterocycles. The summed E-state index contributed by atoms with van der Waals surface area (Å²) in [4.78, 5) is 5.85. The molecular formula is C13H11BrN2S2. The molecule has 0 aromatic carbocycles. The molecule has 0 atom stereocenters. The van der Waals surface area contributed by atoms with Crippen LogP contribution in [0.15, 0.2) is 21.3 Å². The van der Waals surface area contributed by atoms with Crippen molar-refractivity contribution in [3.63, 3.8) is 0 Å². The summed E-state index contributed by atoms with van der Waals surface area (Å²) in [6.45, 7) is 0. The number of hydrogen-bond donors (Lipinski definition) is 0. The highest BCUT2D eigenvalue weighted by Gasteiger charge is 2.38. The average Bonchev–Trinajstić information content (AvgIpc) is 2.92. The largest absolute Gasteiger partial charge is 0.240 e. The van der Waals surface area contributed by atoms with Crippen LogP contribution >= 0.6 is 38.6 Å². The number of rotatable bonds is 3. The van der Waals surface area contributed by atoms with Crippen LogP contribution in [0.25, 0.3) is 10.6 Å². The van der Waals surface area contributed by atoms with Crippen LogP contribution in [0.1, 0.15) is 24.3 Å². The van der Waals surface area contributed by atoms with Crippen LogP contribution in [0, 0.1) is 16.7 Å². The molecule has 0 amide bonds. The summed E-state index contributed by atoms with van der Waals surface area (Å²) in [5, 5.41) is 14.5. The van der Waals surface area contributed by atoms with Gasteiger partial charge >= 0.3 is 0 Å². The van der Waals surface area contributed by atoms with Gasteiger partial charge in [0.1, 0.15) is 0 Å². The average molecular weight is 339 g/mol. The van der Waals surface area contributed by atoms with E-state index in [4.69, 9.17) is 0 Å². The molecule has 3 rings (SSSR count). The van der Waals surface area contributed by atoms with E-state index in [-0.39, 0.29) is 5.41 Å². The first-order valence-corrected chi connectivity index (χ1v) is 8.36. The minimum Gasteiger partial charge on any atom is -0.240 e. The molecule has 1 saturated carbocycles. The van der Waals surface area contributed by atoms with Gasteiger partial charge in [0.05, 0.1) is 27.1 Å². The summed E-state index contributed by atoms with van der Waals surface area (Å²) in [7, 11) is 0. The molecule has 2 aromatic heterocycles. The van der Waals surface area contributed by atoms with Crippen LogP contribution in [0.2, 0.25) is 0 Å². The molecule has 0 N–H and O–H groups in total. The lowest BCUT2D eigenvalue weighted by Gasteiger charge is -2.34. The van der Waals surface area contributed by atoms with E-state index in [2.05, 4.69) is 43.8 Å². The first-order valence-electron chi connectivity index (χ1n) is 5.81. The van der Waals surface area contributed by atoms with Gasteiger partial charge in [0.2, 0.25) is 0 Å². The van der Waals surface area contributed by atoms with Crippen molar-refractivity contribution in [2.24, 2.45) is 5.41 Å². The second-order valence-corrected chi connectivity index (χ2v) is 7.45. The third kappa shape index (κ3) is 2.25. The van der Waals surface area contributed by atoms with Crippen molar-refractivity contribution >= 4 is 38.6 Å². The Hall–Kier alpha value is -0.700. The lowest BCUT2D eigenvalue weighted by atomic mass is 9.68. The van der Waals surface area contributed by atoms with Crippen molar-refractivity contribution in [1.29, 1.82) is 5.26 Å². The molecular weight excluding hydrogens is 328 g/mol. The van der Waals surface area contributed by atoms with Gasteiger partial charge in [-0.15, -0.1) is 22.7 Å². The Bertz CT molecular complexity index is 605. The van der Waals surface area contributed by atoms with Crippen LogP contribution in [0.4, 0.5) is 0 Å². The lowest BCUT2D eigenvalue weighted by Crippen LogP contribution is -2.29. The molecule has 2 heterocycles. The highest BCUT2D eigenvalue weighted by atomic mass is 79.9. The van der Waals surface area contributed by atoms with Gasteiger partial charge < -0.3 is 0 Å². The van der Waals surface area contributed by atoms with Crippen molar-refractivity contribution < 1.29 is 0 Å². The van der Waals surface area contributed by atoms with E-state index < -0.39 is 0 Å². The number of hydrogen-bond acceptors (Lipinski definition) is 4. The Morgan fingerprint density at radius 2 is 2.22 bits per heavy atom. The van der Waals surface area contributed by atoms with Crippen molar-refractivity contribution in [2.75, 3.05) is 0 Å². The summed E-state index contributed by atoms with van der Waals surface area (Å²) in [5.41, 5.74) is 0.920. The zero-order valence-electron chi connectivity index (χ0n) is 9.65. The van der Waals surface area contributed by atoms with Gasteiger partial charge in [0.15, 0.2) is 0 Å². The van der Waals surface area contributed by atoms with Gasteiger partial charge in [-0.2, -0.15) is 5.26 Å². The molecule has 1 aliphatic carbocycles. The summed E-state index contributed by atoms with van der Waals surface area (Å²) >= 11 is 6.83. The van der Waals surface area contributed by atoms with Crippen molar-refractivity contribution in [3.8, 4) is 16.6 Å². The highest BCUT2D eigenvalue weighted by molar-refractivity contribution is 9.10. The fourth-order valence-corrected chi connectivity index (χ4v) is 4.58. The van der Waals surface area contributed by atoms with Gasteiger partial charge in [0, 0.05) is 21.7 Å². The molecule has 0 saturated heterocycles. The molecule has 0 unspecified atom stereocenters. The quantitative estimate of drug-likeness (QED) is 0.800. The van der Waals surface area contributed by atoms with Gasteiger partial charge in [-0.05, 0) is 34.8 Å². The minimum absolute atomic E-state index is 0.120. The number of nitriles is 1. The van der Waals surface area contributed by atoms with Crippen molar-refractivity contribution in [3.05, 3.63) is 26.3 Å². The molecule has 0 spiro atoms. The van der Waals surface area contributed by atoms with Crippen molar-refractivity contribution in [1.82, 2.24) is 4.98 Å². The molecule has 2 nitrogen and oxygen atoms in total. The Labute approximate surface area is 122 Å². The molecule has 18 heavy (non-hydrogen) atoms. The third-order valence-electron chi connectivity index (χ3n) is 3.41. The molecule has 2 aromatic rings. The van der Waals surface area contributed by atoms with Crippen LogP contribution in [0.5, 0.6) is 0 Å². The van der Waals surface area contributed by atoms with E-state index in [1.54, 1.807) is 22.7 Å². The highest BCUT2D eigenvalue weighted by Crippen LogP contribution is 2.44. The maximum atomic E-state index is 9.25. The van der Waals surface area contributed by atoms with E-state index in [9.17, 15) is 5.26 Å². The summed E-state index contributed by atoms with van der Waals surface area (Å²) < 4.78 is 1.10. The first kappa shape index (κ1) is 12.3. The van der Waals surface area contributed by atoms with Crippen molar-refractivity contribution in [2.45, 2.75) is 25.7 Å². The fourth-order valence-electron chi connectivity index (χ4n) is 2.17. The maximum absolute atomic E-state index is 9.25. The number of thiophene rings is 1. The first-order chi connectivity index (χ1) is 8.71. The molecule has 92 valence electrons. The zero-order valence-corrected chi connectivity index (χ0v) is 12.9. The topological polar surface area (TPSA) is 36.7 Å². The number of nitrogens with zero attached hydrogens (tertiary/aromatic N) is 2. The predicted octanol–water partition coefficient (Wildman–Crippen LogP) is 4.87. The second-order valence-electron chi connectivity index (χ2n) is 4.68. The molecule has 0 radical (unpaired) electrons. The SMILES string of the molecule is N#CC1(Cc2nc(-c3cc(Br)cs3)cs2)CCC1. The van der Waals surface area contributed by atoms with E-state index in [1.165, 1.54) is 11.3 Å². The van der Waals surface area contributed by atoms with Gasteiger partial charge in [-0.1, -0.05) is 6.42 Å². The van der Waals surface area contributed by atoms with E-state index >= 15 is 0 Å². The molecule has 1 aliphatic rings.